The van der Waals surface area contributed by atoms with Crippen LogP contribution in [0.1, 0.15) is 28.8 Å². The number of pyridine rings is 1. The molecule has 0 spiro atoms. The molecule has 1 aliphatic carbocycles. The number of fused-ring (bicyclic) bond motifs is 1. The van der Waals surface area contributed by atoms with Crippen LogP contribution in [0.2, 0.25) is 0 Å². The average Bonchev–Trinajstić information content (AvgIpc) is 2.94. The minimum Gasteiger partial charge on any atom is -0.366 e. The summed E-state index contributed by atoms with van der Waals surface area (Å²) < 4.78 is 0. The first-order chi connectivity index (χ1) is 9.85. The van der Waals surface area contributed by atoms with E-state index in [0.717, 1.165) is 25.2 Å². The number of hydrogen-bond donors (Lipinski definition) is 2. The van der Waals surface area contributed by atoms with Gasteiger partial charge in [-0.1, -0.05) is 30.3 Å². The molecule has 0 amide bonds. The minimum absolute atomic E-state index is 0.705. The van der Waals surface area contributed by atoms with Crippen molar-refractivity contribution in [2.24, 2.45) is 5.73 Å². The highest BCUT2D eigenvalue weighted by atomic mass is 15.0. The van der Waals surface area contributed by atoms with Crippen LogP contribution in [0.25, 0.3) is 0 Å². The van der Waals surface area contributed by atoms with E-state index in [0.29, 0.717) is 6.54 Å². The van der Waals surface area contributed by atoms with E-state index < -0.39 is 0 Å². The van der Waals surface area contributed by atoms with E-state index in [9.17, 15) is 0 Å². The third-order valence-electron chi connectivity index (χ3n) is 3.86. The Labute approximate surface area is 120 Å². The number of nitrogens with one attached hydrogen (secondary N) is 1. The Morgan fingerprint density at radius 2 is 1.80 bits per heavy atom. The van der Waals surface area contributed by atoms with Gasteiger partial charge in [0.2, 0.25) is 0 Å². The summed E-state index contributed by atoms with van der Waals surface area (Å²) in [5.74, 6) is 0.983. The van der Waals surface area contributed by atoms with Gasteiger partial charge in [0, 0.05) is 12.2 Å². The van der Waals surface area contributed by atoms with Gasteiger partial charge in [0.15, 0.2) is 0 Å². The number of anilines is 1. The standard InChI is InChI=1S/C17H21N3/c18-11-10-13-4-6-14(7-5-13)12-19-17-9-8-15-2-1-3-16(15)20-17/h4-9H,1-3,10-12,18H2,(H,19,20). The number of benzene rings is 1. The van der Waals surface area contributed by atoms with E-state index in [-0.39, 0.29) is 0 Å². The van der Waals surface area contributed by atoms with Gasteiger partial charge in [-0.2, -0.15) is 0 Å². The Hall–Kier alpha value is -1.87. The van der Waals surface area contributed by atoms with Gasteiger partial charge in [0.25, 0.3) is 0 Å². The predicted molar refractivity (Wildman–Crippen MR) is 82.8 cm³/mol. The smallest absolute Gasteiger partial charge is 0.126 e. The van der Waals surface area contributed by atoms with Gasteiger partial charge in [-0.05, 0) is 55.0 Å². The van der Waals surface area contributed by atoms with E-state index >= 15 is 0 Å². The van der Waals surface area contributed by atoms with E-state index in [1.54, 1.807) is 0 Å². The fourth-order valence-corrected chi connectivity index (χ4v) is 2.70. The van der Waals surface area contributed by atoms with E-state index in [1.165, 1.54) is 35.2 Å². The van der Waals surface area contributed by atoms with Crippen LogP contribution in [0.5, 0.6) is 0 Å². The SMILES string of the molecule is NCCc1ccc(CNc2ccc3c(n2)CCC3)cc1. The van der Waals surface area contributed by atoms with Crippen LogP contribution in [-0.2, 0) is 25.8 Å². The zero-order chi connectivity index (χ0) is 13.8. The van der Waals surface area contributed by atoms with Crippen molar-refractivity contribution in [3.05, 3.63) is 58.8 Å². The molecule has 20 heavy (non-hydrogen) atoms. The molecule has 0 bridgehead atoms. The van der Waals surface area contributed by atoms with Gasteiger partial charge in [0.1, 0.15) is 5.82 Å². The second-order valence-corrected chi connectivity index (χ2v) is 5.36. The Morgan fingerprint density at radius 1 is 1.00 bits per heavy atom. The summed E-state index contributed by atoms with van der Waals surface area (Å²) in [6.07, 6.45) is 4.50. The third-order valence-corrected chi connectivity index (χ3v) is 3.86. The lowest BCUT2D eigenvalue weighted by molar-refractivity contribution is 0.899. The molecule has 104 valence electrons. The normalized spacial score (nSPS) is 13.2. The Morgan fingerprint density at radius 3 is 2.60 bits per heavy atom. The van der Waals surface area contributed by atoms with Crippen molar-refractivity contribution in [1.82, 2.24) is 4.98 Å². The highest BCUT2D eigenvalue weighted by molar-refractivity contribution is 5.41. The first-order valence-electron chi connectivity index (χ1n) is 7.36. The molecule has 1 aromatic heterocycles. The molecule has 3 heteroatoms. The van der Waals surface area contributed by atoms with Gasteiger partial charge in [-0.3, -0.25) is 0 Å². The fraction of sp³-hybridized carbons (Fsp3) is 0.353. The molecule has 0 saturated heterocycles. The number of rotatable bonds is 5. The first kappa shape index (κ1) is 13.1. The number of hydrogen-bond acceptors (Lipinski definition) is 3. The van der Waals surface area contributed by atoms with Gasteiger partial charge < -0.3 is 11.1 Å². The van der Waals surface area contributed by atoms with Crippen molar-refractivity contribution in [2.75, 3.05) is 11.9 Å². The maximum Gasteiger partial charge on any atom is 0.126 e. The lowest BCUT2D eigenvalue weighted by Crippen LogP contribution is -2.04. The van der Waals surface area contributed by atoms with Crippen LogP contribution in [0, 0.1) is 0 Å². The molecule has 1 aliphatic rings. The molecule has 3 nitrogen and oxygen atoms in total. The molecule has 0 unspecified atom stereocenters. The zero-order valence-corrected chi connectivity index (χ0v) is 11.7. The number of nitrogens with two attached hydrogens (primary N) is 1. The molecule has 0 radical (unpaired) electrons. The van der Waals surface area contributed by atoms with Crippen molar-refractivity contribution in [3.63, 3.8) is 0 Å². The van der Waals surface area contributed by atoms with Crippen LogP contribution in [0.3, 0.4) is 0 Å². The summed E-state index contributed by atoms with van der Waals surface area (Å²) in [7, 11) is 0. The van der Waals surface area contributed by atoms with Crippen LogP contribution in [0.4, 0.5) is 5.82 Å². The largest absolute Gasteiger partial charge is 0.366 e. The van der Waals surface area contributed by atoms with Crippen molar-refractivity contribution in [3.8, 4) is 0 Å². The van der Waals surface area contributed by atoms with Gasteiger partial charge in [-0.15, -0.1) is 0 Å². The first-order valence-corrected chi connectivity index (χ1v) is 7.36. The molecule has 3 N–H and O–H groups in total. The highest BCUT2D eigenvalue weighted by Gasteiger charge is 2.12. The highest BCUT2D eigenvalue weighted by Crippen LogP contribution is 2.21. The lowest BCUT2D eigenvalue weighted by atomic mass is 10.1. The van der Waals surface area contributed by atoms with Crippen LogP contribution < -0.4 is 11.1 Å². The van der Waals surface area contributed by atoms with Gasteiger partial charge in [0.05, 0.1) is 0 Å². The third kappa shape index (κ3) is 2.99. The van der Waals surface area contributed by atoms with Crippen LogP contribution in [0.15, 0.2) is 36.4 Å². The summed E-state index contributed by atoms with van der Waals surface area (Å²) in [5, 5.41) is 3.41. The van der Waals surface area contributed by atoms with E-state index in [1.807, 2.05) is 0 Å². The Bertz CT molecular complexity index is 575. The van der Waals surface area contributed by atoms with Crippen LogP contribution in [-0.4, -0.2) is 11.5 Å². The molecule has 1 aromatic carbocycles. The number of nitrogens with zero attached hydrogens (tertiary/aromatic N) is 1. The summed E-state index contributed by atoms with van der Waals surface area (Å²) in [6.45, 7) is 1.52. The molecule has 3 rings (SSSR count). The van der Waals surface area contributed by atoms with E-state index in [2.05, 4.69) is 46.7 Å². The molecule has 0 saturated carbocycles. The van der Waals surface area contributed by atoms with Gasteiger partial charge >= 0.3 is 0 Å². The minimum atomic E-state index is 0.705. The average molecular weight is 267 g/mol. The predicted octanol–water partition coefficient (Wildman–Crippen LogP) is 2.68. The van der Waals surface area contributed by atoms with Crippen molar-refractivity contribution in [2.45, 2.75) is 32.2 Å². The zero-order valence-electron chi connectivity index (χ0n) is 11.7. The molecular formula is C17H21N3. The second-order valence-electron chi connectivity index (χ2n) is 5.36. The summed E-state index contributed by atoms with van der Waals surface area (Å²) >= 11 is 0. The summed E-state index contributed by atoms with van der Waals surface area (Å²) in [4.78, 5) is 4.69. The fourth-order valence-electron chi connectivity index (χ4n) is 2.70. The molecule has 0 aliphatic heterocycles. The van der Waals surface area contributed by atoms with Crippen molar-refractivity contribution in [1.29, 1.82) is 0 Å². The van der Waals surface area contributed by atoms with Crippen LogP contribution >= 0.6 is 0 Å². The maximum absolute atomic E-state index is 5.56. The van der Waals surface area contributed by atoms with Crippen molar-refractivity contribution < 1.29 is 0 Å². The Kier molecular flexibility index (Phi) is 3.97. The second kappa shape index (κ2) is 6.06. The monoisotopic (exact) mass is 267 g/mol. The van der Waals surface area contributed by atoms with E-state index in [4.69, 9.17) is 5.73 Å². The molecule has 2 aromatic rings. The molecular weight excluding hydrogens is 246 g/mol. The summed E-state index contributed by atoms with van der Waals surface area (Å²) in [5.41, 5.74) is 10.8. The van der Waals surface area contributed by atoms with Crippen molar-refractivity contribution >= 4 is 5.82 Å². The number of aromatic nitrogens is 1. The summed E-state index contributed by atoms with van der Waals surface area (Å²) in [6, 6.07) is 12.9. The maximum atomic E-state index is 5.56. The molecule has 0 atom stereocenters. The van der Waals surface area contributed by atoms with Gasteiger partial charge in [-0.25, -0.2) is 4.98 Å². The number of aryl methyl sites for hydroxylation is 2. The quantitative estimate of drug-likeness (QED) is 0.875. The Balaban J connectivity index is 1.61. The topological polar surface area (TPSA) is 50.9 Å². The lowest BCUT2D eigenvalue weighted by Gasteiger charge is -2.08. The molecule has 0 fully saturated rings. The molecule has 1 heterocycles.